The first kappa shape index (κ1) is 31.4. The molecule has 39 heavy (non-hydrogen) atoms. The van der Waals surface area contributed by atoms with Crippen LogP contribution >= 0.6 is 15.8 Å². The van der Waals surface area contributed by atoms with Crippen molar-refractivity contribution in [1.82, 2.24) is 0 Å². The van der Waals surface area contributed by atoms with Gasteiger partial charge in [-0.05, 0) is 50.6 Å². The summed E-state index contributed by atoms with van der Waals surface area (Å²) < 4.78 is 0. The van der Waals surface area contributed by atoms with E-state index in [2.05, 4.69) is 160 Å². The summed E-state index contributed by atoms with van der Waals surface area (Å²) in [5.41, 5.74) is 2.83. The topological polar surface area (TPSA) is 0 Å². The molecule has 0 radical (unpaired) electrons. The van der Waals surface area contributed by atoms with Gasteiger partial charge in [0.15, 0.2) is 0 Å². The summed E-state index contributed by atoms with van der Waals surface area (Å²) in [6, 6.07) is 47.6. The molecule has 0 nitrogen and oxygen atoms in total. The van der Waals surface area contributed by atoms with E-state index in [4.69, 9.17) is 0 Å². The van der Waals surface area contributed by atoms with E-state index in [1.807, 2.05) is 0 Å². The van der Waals surface area contributed by atoms with E-state index < -0.39 is 0 Å². The summed E-state index contributed by atoms with van der Waals surface area (Å²) in [5.74, 6) is 0. The van der Waals surface area contributed by atoms with Crippen LogP contribution in [-0.4, -0.2) is 26.7 Å². The van der Waals surface area contributed by atoms with E-state index in [1.165, 1.54) is 43.3 Å². The van der Waals surface area contributed by atoms with Gasteiger partial charge in [-0.25, -0.2) is 0 Å². The summed E-state index contributed by atoms with van der Waals surface area (Å²) in [6.07, 6.45) is 2.26. The number of hydrogen-bond donors (Lipinski definition) is 0. The molecule has 0 aromatic heterocycles. The van der Waals surface area contributed by atoms with Crippen molar-refractivity contribution in [2.75, 3.05) is 26.7 Å². The molecule has 0 N–H and O–H groups in total. The Morgan fingerprint density at radius 3 is 1.13 bits per heavy atom. The molecule has 3 heteroatoms. The Hall–Kier alpha value is -2.16. The van der Waals surface area contributed by atoms with Crippen LogP contribution in [0.25, 0.3) is 21.5 Å². The van der Waals surface area contributed by atoms with Crippen LogP contribution in [-0.2, 0) is 39.0 Å². The van der Waals surface area contributed by atoms with Gasteiger partial charge in [0, 0.05) is 0 Å². The van der Waals surface area contributed by atoms with Gasteiger partial charge in [-0.2, -0.15) is 12.1 Å². The zero-order valence-corrected chi connectivity index (χ0v) is 27.8. The maximum absolute atomic E-state index is 2.31. The maximum atomic E-state index is 2.31. The van der Waals surface area contributed by atoms with Crippen molar-refractivity contribution in [2.24, 2.45) is 0 Å². The van der Waals surface area contributed by atoms with Crippen LogP contribution in [0, 0.1) is 0 Å². The molecular formula is C36H38P2Zr. The molecule has 0 fully saturated rings. The number of fused-ring (bicyclic) bond motifs is 2. The largest absolute Gasteiger partial charge is 2.00 e. The average Bonchev–Trinajstić information content (AvgIpc) is 3.59. The second kappa shape index (κ2) is 16.2. The Labute approximate surface area is 256 Å². The molecular weight excluding hydrogens is 586 g/mol. The number of benzene rings is 4. The van der Waals surface area contributed by atoms with Crippen LogP contribution in [0.1, 0.15) is 11.1 Å². The van der Waals surface area contributed by atoms with Crippen molar-refractivity contribution < 1.29 is 26.2 Å². The van der Waals surface area contributed by atoms with Gasteiger partial charge in [0.05, 0.1) is 0 Å². The van der Waals surface area contributed by atoms with Crippen LogP contribution in [0.2, 0.25) is 0 Å². The molecule has 0 spiro atoms. The first-order valence-corrected chi connectivity index (χ1v) is 17.7. The number of rotatable bonds is 5. The van der Waals surface area contributed by atoms with Crippen LogP contribution in [0.4, 0.5) is 0 Å². The van der Waals surface area contributed by atoms with E-state index >= 15 is 0 Å². The fourth-order valence-corrected chi connectivity index (χ4v) is 5.95. The summed E-state index contributed by atoms with van der Waals surface area (Å²) >= 11 is 0. The van der Waals surface area contributed by atoms with Gasteiger partial charge in [-0.3, -0.25) is 0 Å². The summed E-state index contributed by atoms with van der Waals surface area (Å²) in [4.78, 5) is 0. The second-order valence-electron chi connectivity index (χ2n) is 9.94. The minimum atomic E-state index is 0. The molecule has 0 aliphatic rings. The van der Waals surface area contributed by atoms with Crippen LogP contribution < -0.4 is 10.6 Å². The van der Waals surface area contributed by atoms with Gasteiger partial charge >= 0.3 is 26.2 Å². The quantitative estimate of drug-likeness (QED) is 0.133. The molecule has 6 aromatic carbocycles. The first-order chi connectivity index (χ1) is 18.5. The Kier molecular flexibility index (Phi) is 13.0. The van der Waals surface area contributed by atoms with Gasteiger partial charge < -0.3 is 0 Å². The minimum Gasteiger partial charge on any atom is -0.161 e. The van der Waals surface area contributed by atoms with Crippen LogP contribution in [0.3, 0.4) is 0 Å². The second-order valence-corrected chi connectivity index (χ2v) is 14.6. The number of aryl methyl sites for hydroxylation is 2. The molecule has 0 saturated carbocycles. The van der Waals surface area contributed by atoms with Crippen molar-refractivity contribution in [3.05, 3.63) is 145 Å². The van der Waals surface area contributed by atoms with Crippen molar-refractivity contribution in [3.63, 3.8) is 0 Å². The van der Waals surface area contributed by atoms with E-state index in [0.717, 1.165) is 12.8 Å². The standard InChI is InChI=1S/C14H14.2C11H12P.Zr/c1-3-7-13(8-4-1)11-12-14-9-5-2-6-10-14;2*1-12(2)11-7-9-5-3-4-6-10(9)8-11;/h1-10H,11-12H2;2*3-8H,1-2H3;/q;2*-1;+2. The normalized spacial score (nSPS) is 10.5. The molecule has 6 aromatic rings. The van der Waals surface area contributed by atoms with Crippen LogP contribution in [0.5, 0.6) is 0 Å². The third-order valence-corrected chi connectivity index (χ3v) is 9.21. The van der Waals surface area contributed by atoms with Gasteiger partial charge in [-0.15, -0.1) is 96.5 Å². The van der Waals surface area contributed by atoms with Crippen molar-refractivity contribution in [3.8, 4) is 0 Å². The van der Waals surface area contributed by atoms with Crippen LogP contribution in [0.15, 0.2) is 133 Å². The predicted molar refractivity (Wildman–Crippen MR) is 176 cm³/mol. The summed E-state index contributed by atoms with van der Waals surface area (Å²) in [7, 11) is 0.115. The Morgan fingerprint density at radius 2 is 0.795 bits per heavy atom. The Bertz CT molecular complexity index is 1330. The van der Waals surface area contributed by atoms with E-state index in [1.54, 1.807) is 0 Å². The van der Waals surface area contributed by atoms with Crippen molar-refractivity contribution in [2.45, 2.75) is 12.8 Å². The van der Waals surface area contributed by atoms with Crippen molar-refractivity contribution in [1.29, 1.82) is 0 Å². The van der Waals surface area contributed by atoms with E-state index in [9.17, 15) is 0 Å². The molecule has 0 unspecified atom stereocenters. The molecule has 0 heterocycles. The molecule has 0 atom stereocenters. The number of hydrogen-bond acceptors (Lipinski definition) is 0. The maximum Gasteiger partial charge on any atom is 2.00 e. The fourth-order valence-electron chi connectivity index (χ4n) is 4.36. The molecule has 0 aliphatic heterocycles. The van der Waals surface area contributed by atoms with E-state index in [0.29, 0.717) is 0 Å². The predicted octanol–water partition coefficient (Wildman–Crippen LogP) is 9.32. The average molecular weight is 624 g/mol. The molecule has 0 amide bonds. The zero-order valence-electron chi connectivity index (χ0n) is 23.5. The smallest absolute Gasteiger partial charge is 0.161 e. The fraction of sp³-hybridized carbons (Fsp3) is 0.167. The van der Waals surface area contributed by atoms with Gasteiger partial charge in [0.1, 0.15) is 0 Å². The van der Waals surface area contributed by atoms with Crippen molar-refractivity contribution >= 4 is 48.0 Å². The third-order valence-electron chi connectivity index (χ3n) is 6.63. The van der Waals surface area contributed by atoms with Gasteiger partial charge in [0.2, 0.25) is 0 Å². The summed E-state index contributed by atoms with van der Waals surface area (Å²) in [6.45, 7) is 9.18. The SMILES string of the molecule is CP(C)c1cc2ccccc2[cH-]1.CP(C)c1cc2ccccc2[cH-]1.[Zr+2].c1ccc(CCc2ccccc2)cc1. The van der Waals surface area contributed by atoms with Gasteiger partial charge in [0.25, 0.3) is 0 Å². The third kappa shape index (κ3) is 9.76. The summed E-state index contributed by atoms with van der Waals surface area (Å²) in [5, 5.41) is 8.53. The monoisotopic (exact) mass is 622 g/mol. The zero-order chi connectivity index (χ0) is 26.7. The Balaban J connectivity index is 0.000000160. The molecule has 6 rings (SSSR count). The minimum absolute atomic E-state index is 0. The molecule has 0 bridgehead atoms. The van der Waals surface area contributed by atoms with Gasteiger partial charge in [-0.1, -0.05) is 72.8 Å². The Morgan fingerprint density at radius 1 is 0.462 bits per heavy atom. The van der Waals surface area contributed by atoms with E-state index in [-0.39, 0.29) is 42.0 Å². The molecule has 0 aliphatic carbocycles. The molecule has 0 saturated heterocycles. The molecule has 196 valence electrons. The first-order valence-electron chi connectivity index (χ1n) is 13.2.